The smallest absolute Gasteiger partial charge is 0.234 e. The molecule has 1 heterocycles. The Kier molecular flexibility index (Phi) is 7.36. The first-order chi connectivity index (χ1) is 12.5. The molecule has 0 aliphatic carbocycles. The molecule has 2 aromatic carbocycles. The zero-order valence-corrected chi connectivity index (χ0v) is 16.3. The first kappa shape index (κ1) is 20.9. The van der Waals surface area contributed by atoms with Gasteiger partial charge < -0.3 is 11.5 Å². The molecule has 3 aromatic rings. The van der Waals surface area contributed by atoms with Crippen LogP contribution < -0.4 is 16.8 Å². The third kappa shape index (κ3) is 5.29. The Labute approximate surface area is 168 Å². The van der Waals surface area contributed by atoms with E-state index in [1.165, 1.54) is 0 Å². The first-order valence-corrected chi connectivity index (χ1v) is 9.26. The van der Waals surface area contributed by atoms with Crippen molar-refractivity contribution in [2.45, 2.75) is 24.9 Å². The van der Waals surface area contributed by atoms with Gasteiger partial charge in [-0.3, -0.25) is 14.9 Å². The summed E-state index contributed by atoms with van der Waals surface area (Å²) >= 11 is 1.62. The van der Waals surface area contributed by atoms with Crippen molar-refractivity contribution >= 4 is 45.6 Å². The van der Waals surface area contributed by atoms with E-state index in [4.69, 9.17) is 11.5 Å². The molecule has 0 aliphatic heterocycles. The van der Waals surface area contributed by atoms with E-state index < -0.39 is 23.9 Å². The second-order valence-electron chi connectivity index (χ2n) is 6.23. The molecule has 2 atom stereocenters. The number of primary amides is 2. The number of amides is 2. The lowest BCUT2D eigenvalue weighted by Crippen LogP contribution is -2.53. The second kappa shape index (κ2) is 9.50. The van der Waals surface area contributed by atoms with Crippen molar-refractivity contribution in [1.29, 1.82) is 0 Å². The van der Waals surface area contributed by atoms with Crippen molar-refractivity contribution in [3.05, 3.63) is 71.1 Å². The highest BCUT2D eigenvalue weighted by molar-refractivity contribution is 7.17. The maximum Gasteiger partial charge on any atom is 0.234 e. The van der Waals surface area contributed by atoms with E-state index in [-0.39, 0.29) is 12.4 Å². The summed E-state index contributed by atoms with van der Waals surface area (Å²) in [6.45, 7) is 0. The maximum absolute atomic E-state index is 12.0. The summed E-state index contributed by atoms with van der Waals surface area (Å²) in [7, 11) is 0. The molecule has 0 bridgehead atoms. The van der Waals surface area contributed by atoms with Gasteiger partial charge in [-0.2, -0.15) is 0 Å². The van der Waals surface area contributed by atoms with Gasteiger partial charge in [-0.15, -0.1) is 23.7 Å². The second-order valence-corrected chi connectivity index (χ2v) is 7.14. The van der Waals surface area contributed by atoms with Gasteiger partial charge >= 0.3 is 0 Å². The fourth-order valence-electron chi connectivity index (χ4n) is 2.99. The van der Waals surface area contributed by atoms with Gasteiger partial charge in [-0.05, 0) is 40.8 Å². The summed E-state index contributed by atoms with van der Waals surface area (Å²) in [5.41, 5.74) is 13.1. The normalized spacial score (nSPS) is 12.9. The van der Waals surface area contributed by atoms with Crippen LogP contribution in [0, 0.1) is 0 Å². The Morgan fingerprint density at radius 3 is 2.15 bits per heavy atom. The van der Waals surface area contributed by atoms with Crippen LogP contribution in [0.4, 0.5) is 0 Å². The lowest BCUT2D eigenvalue weighted by molar-refractivity contribution is -0.122. The Hall–Kier alpha value is -2.41. The van der Waals surface area contributed by atoms with E-state index in [1.807, 2.05) is 60.0 Å². The molecule has 0 aliphatic rings. The van der Waals surface area contributed by atoms with E-state index in [0.29, 0.717) is 12.8 Å². The molecule has 0 spiro atoms. The topological polar surface area (TPSA) is 98.2 Å². The zero-order valence-electron chi connectivity index (χ0n) is 14.6. The van der Waals surface area contributed by atoms with Gasteiger partial charge in [-0.25, -0.2) is 0 Å². The average molecular weight is 404 g/mol. The van der Waals surface area contributed by atoms with Gasteiger partial charge in [-0.1, -0.05) is 48.5 Å². The Balaban J connectivity index is 0.00000261. The molecular weight excluding hydrogens is 382 g/mol. The van der Waals surface area contributed by atoms with Crippen LogP contribution in [0.1, 0.15) is 11.1 Å². The van der Waals surface area contributed by atoms with E-state index >= 15 is 0 Å². The van der Waals surface area contributed by atoms with Gasteiger partial charge in [0.1, 0.15) is 0 Å². The van der Waals surface area contributed by atoms with Gasteiger partial charge in [0.15, 0.2) is 0 Å². The summed E-state index contributed by atoms with van der Waals surface area (Å²) in [6.07, 6.45) is 0.822. The highest BCUT2D eigenvalue weighted by Gasteiger charge is 2.25. The SMILES string of the molecule is Cl.NC(=O)[C@H](Cc1csc2ccccc12)N[C@H](Cc1ccccc1)C(N)=O. The minimum absolute atomic E-state index is 0. The van der Waals surface area contributed by atoms with E-state index in [9.17, 15) is 9.59 Å². The number of nitrogens with one attached hydrogen (secondary N) is 1. The van der Waals surface area contributed by atoms with Crippen LogP contribution in [0.15, 0.2) is 60.0 Å². The predicted molar refractivity (Wildman–Crippen MR) is 112 cm³/mol. The molecule has 1 aromatic heterocycles. The molecule has 27 heavy (non-hydrogen) atoms. The zero-order chi connectivity index (χ0) is 18.5. The summed E-state index contributed by atoms with van der Waals surface area (Å²) < 4.78 is 1.15. The monoisotopic (exact) mass is 403 g/mol. The number of carbonyl (C=O) groups excluding carboxylic acids is 2. The van der Waals surface area contributed by atoms with Crippen LogP contribution in [0.2, 0.25) is 0 Å². The number of hydrogen-bond donors (Lipinski definition) is 3. The van der Waals surface area contributed by atoms with Crippen LogP contribution >= 0.6 is 23.7 Å². The molecule has 3 rings (SSSR count). The largest absolute Gasteiger partial charge is 0.368 e. The van der Waals surface area contributed by atoms with Gasteiger partial charge in [0.2, 0.25) is 11.8 Å². The van der Waals surface area contributed by atoms with Crippen molar-refractivity contribution < 1.29 is 9.59 Å². The number of carbonyl (C=O) groups is 2. The molecule has 0 saturated carbocycles. The number of halogens is 1. The van der Waals surface area contributed by atoms with Gasteiger partial charge in [0, 0.05) is 4.70 Å². The summed E-state index contributed by atoms with van der Waals surface area (Å²) in [5.74, 6) is -1.00. The fourth-order valence-corrected chi connectivity index (χ4v) is 3.96. The Bertz CT molecular complexity index is 914. The minimum Gasteiger partial charge on any atom is -0.368 e. The van der Waals surface area contributed by atoms with Crippen molar-refractivity contribution in [3.63, 3.8) is 0 Å². The van der Waals surface area contributed by atoms with Crippen LogP contribution in [0.5, 0.6) is 0 Å². The van der Waals surface area contributed by atoms with Gasteiger partial charge in [0.25, 0.3) is 0 Å². The van der Waals surface area contributed by atoms with Crippen LogP contribution in [-0.2, 0) is 22.4 Å². The highest BCUT2D eigenvalue weighted by atomic mass is 35.5. The maximum atomic E-state index is 12.0. The number of nitrogens with two attached hydrogens (primary N) is 2. The molecule has 142 valence electrons. The summed E-state index contributed by atoms with van der Waals surface area (Å²) in [5, 5.41) is 6.19. The molecule has 2 amide bonds. The molecule has 0 radical (unpaired) electrons. The molecule has 0 unspecified atom stereocenters. The number of benzene rings is 2. The number of rotatable bonds is 8. The quantitative estimate of drug-likeness (QED) is 0.538. The van der Waals surface area contributed by atoms with Crippen molar-refractivity contribution in [1.82, 2.24) is 5.32 Å². The van der Waals surface area contributed by atoms with E-state index in [0.717, 1.165) is 21.2 Å². The van der Waals surface area contributed by atoms with Crippen LogP contribution in [0.25, 0.3) is 10.1 Å². The lowest BCUT2D eigenvalue weighted by Gasteiger charge is -2.22. The molecule has 0 fully saturated rings. The molecule has 5 nitrogen and oxygen atoms in total. The van der Waals surface area contributed by atoms with Crippen molar-refractivity contribution in [2.24, 2.45) is 11.5 Å². The van der Waals surface area contributed by atoms with E-state index in [2.05, 4.69) is 5.32 Å². The number of hydrogen-bond acceptors (Lipinski definition) is 4. The molecule has 7 heteroatoms. The third-order valence-corrected chi connectivity index (χ3v) is 5.37. The predicted octanol–water partition coefficient (Wildman–Crippen LogP) is 2.41. The molecule has 5 N–H and O–H groups in total. The Morgan fingerprint density at radius 1 is 0.889 bits per heavy atom. The summed E-state index contributed by atoms with van der Waals surface area (Å²) in [6, 6.07) is 16.2. The van der Waals surface area contributed by atoms with Crippen molar-refractivity contribution in [3.8, 4) is 0 Å². The molecular formula is C20H22ClN3O2S. The number of fused-ring (bicyclic) bond motifs is 1. The van der Waals surface area contributed by atoms with E-state index in [1.54, 1.807) is 11.3 Å². The lowest BCUT2D eigenvalue weighted by atomic mass is 10.0. The summed E-state index contributed by atoms with van der Waals surface area (Å²) in [4.78, 5) is 23.9. The van der Waals surface area contributed by atoms with Crippen LogP contribution in [0.3, 0.4) is 0 Å². The number of thiophene rings is 1. The van der Waals surface area contributed by atoms with Crippen LogP contribution in [-0.4, -0.2) is 23.9 Å². The van der Waals surface area contributed by atoms with Crippen molar-refractivity contribution in [2.75, 3.05) is 0 Å². The average Bonchev–Trinajstić information content (AvgIpc) is 3.04. The standard InChI is InChI=1S/C20H21N3O2S.ClH/c21-19(24)16(10-13-6-2-1-3-7-13)23-17(20(22)25)11-14-12-26-18-9-5-4-8-15(14)18;/h1-9,12,16-17,23H,10-11H2,(H2,21,24)(H2,22,25);1H/t16-,17+;/m1./s1. The fraction of sp³-hybridized carbons (Fsp3) is 0.200. The Morgan fingerprint density at radius 2 is 1.48 bits per heavy atom. The van der Waals surface area contributed by atoms with Gasteiger partial charge in [0.05, 0.1) is 12.1 Å². The third-order valence-electron chi connectivity index (χ3n) is 4.36. The first-order valence-electron chi connectivity index (χ1n) is 8.38. The molecule has 0 saturated heterocycles. The highest BCUT2D eigenvalue weighted by Crippen LogP contribution is 2.26. The minimum atomic E-state index is -0.672.